The molecular weight excluding hydrogens is 1600 g/mol. The van der Waals surface area contributed by atoms with E-state index in [-0.39, 0.29) is 117 Å². The minimum Gasteiger partial charge on any atom is -0.496 e. The van der Waals surface area contributed by atoms with E-state index in [4.69, 9.17) is 52.2 Å². The summed E-state index contributed by atoms with van der Waals surface area (Å²) in [6, 6.07) is 3.95. The molecule has 14 amide bonds. The van der Waals surface area contributed by atoms with Gasteiger partial charge in [-0.3, -0.25) is 98.4 Å². The van der Waals surface area contributed by atoms with Crippen molar-refractivity contribution in [2.45, 2.75) is 177 Å². The number of unbranched alkanes of at least 4 members (excludes halogenated alkanes) is 2. The van der Waals surface area contributed by atoms with Crippen molar-refractivity contribution in [1.82, 2.24) is 64.2 Å². The number of carbonyl (C=O) groups is 18. The third-order valence-corrected chi connectivity index (χ3v) is 16.5. The fourth-order valence-corrected chi connectivity index (χ4v) is 10.3. The number of carbonyl (C=O) groups excluding carboxylic acids is 14. The Morgan fingerprint density at radius 2 is 0.790 bits per heavy atom. The van der Waals surface area contributed by atoms with Gasteiger partial charge in [0.25, 0.3) is 23.6 Å². The van der Waals surface area contributed by atoms with E-state index in [0.29, 0.717) is 31.2 Å². The number of carboxylic acid groups (broad SMARTS) is 4. The van der Waals surface area contributed by atoms with Crippen molar-refractivity contribution in [3.63, 3.8) is 0 Å². The zero-order valence-electron chi connectivity index (χ0n) is 64.7. The lowest BCUT2D eigenvalue weighted by molar-refractivity contribution is -0.193. The number of amides is 14. The van der Waals surface area contributed by atoms with Gasteiger partial charge in [0.2, 0.25) is 35.4 Å². The number of hydrazine groups is 2. The van der Waals surface area contributed by atoms with E-state index in [0.717, 1.165) is 12.1 Å². The van der Waals surface area contributed by atoms with Crippen LogP contribution >= 0.6 is 0 Å². The molecule has 0 unspecified atom stereocenters. The highest BCUT2D eigenvalue weighted by Crippen LogP contribution is 2.25. The highest BCUT2D eigenvalue weighted by Gasteiger charge is 2.40. The second-order valence-corrected chi connectivity index (χ2v) is 26.4. The lowest BCUT2D eigenvalue weighted by Crippen LogP contribution is -2.58. The fraction of sp³-hybridized carbons (Fsp3) is 0.493. The molecule has 0 aliphatic carbocycles. The first-order valence-corrected chi connectivity index (χ1v) is 36.4. The molecule has 0 aromatic heterocycles. The number of halogens is 6. The lowest BCUT2D eigenvalue weighted by atomic mass is 10.0. The minimum absolute atomic E-state index is 0.00555. The number of anilines is 2. The molecule has 0 saturated heterocycles. The number of carboxylic acids is 4. The maximum atomic E-state index is 14.1. The molecule has 26 N–H and O–H groups in total. The predicted molar refractivity (Wildman–Crippen MR) is 403 cm³/mol. The maximum absolute atomic E-state index is 14.1. The van der Waals surface area contributed by atoms with Crippen LogP contribution in [0.3, 0.4) is 0 Å². The Balaban J connectivity index is 0.00000313. The van der Waals surface area contributed by atoms with Gasteiger partial charge in [-0.25, -0.2) is 9.59 Å². The van der Waals surface area contributed by atoms with Crippen LogP contribution in [0.5, 0.6) is 11.5 Å². The topological polar surface area (TPSA) is 679 Å². The van der Waals surface area contributed by atoms with E-state index in [1.807, 2.05) is 0 Å². The molecule has 8 atom stereocenters. The molecule has 1 aliphatic rings. The van der Waals surface area contributed by atoms with Gasteiger partial charge in [-0.1, -0.05) is 44.2 Å². The Bertz CT molecular complexity index is 4010. The Morgan fingerprint density at radius 3 is 1.17 bits per heavy atom. The lowest BCUT2D eigenvalue weighted by Gasteiger charge is -2.24. The van der Waals surface area contributed by atoms with E-state index in [1.54, 1.807) is 44.2 Å². The van der Waals surface area contributed by atoms with Crippen molar-refractivity contribution in [2.75, 3.05) is 51.0 Å². The molecule has 48 heteroatoms. The number of hydrogen-bond acceptors (Lipinski definition) is 24. The molecule has 3 aromatic rings. The van der Waals surface area contributed by atoms with E-state index in [9.17, 15) is 113 Å². The summed E-state index contributed by atoms with van der Waals surface area (Å²) in [4.78, 5) is 233. The number of hydrogen-bond donors (Lipinski definition) is 22. The van der Waals surface area contributed by atoms with Crippen LogP contribution < -0.4 is 107 Å². The minimum atomic E-state index is -5.08. The standard InChI is InChI=1S/C67H96N18O20.2C2HF3O2/c1-36(2)32-48-61(97)78-44(18-8-10-28-68)58(94)72-30-13-17-43(71)57(93)77-47(23-27-53(88)89)62(98)84-82-54(90)40-34-38(20-24-50(40)104-3)74-64(100)66(102)79-45(19-9-11-29-69)59(95)73-31-12-16-42(70)56(92)76-46(22-26-52(86)87)60(96)80-49(33-37-14-6-5-7-15-37)63(99)85-83-55(91)41-35-39(21-25-51(41)105-4)75-65(101)67(103)81-48;2*3-2(4,5)1(6)7/h5-7,14-15,20-21,24-25,34-36,42-49H,8-13,16-19,22-23,26-33,68-71H2,1-4H3,(H,72,94)(H,73,95)(H,74,100)(H,75,101)(H,76,92)(H,77,93)(H,78,97)(H,79,102)(H,80,96)(H,81,103)(H,82,90)(H,83,91)(H,84,98)(H,85,99)(H,86,87)(H,88,89);2*(H,6,7)/t42-,43-,44-,45-,46-,47-,48-,49-;;/m0../s1. The number of ether oxygens (including phenoxy) is 2. The van der Waals surface area contributed by atoms with Gasteiger partial charge < -0.3 is 106 Å². The average molecular weight is 1700 g/mol. The van der Waals surface area contributed by atoms with Gasteiger partial charge in [0.1, 0.15) is 47.8 Å². The summed E-state index contributed by atoms with van der Waals surface area (Å²) >= 11 is 0. The molecule has 1 heterocycles. The van der Waals surface area contributed by atoms with Crippen molar-refractivity contribution in [2.24, 2.45) is 28.9 Å². The Morgan fingerprint density at radius 1 is 0.437 bits per heavy atom. The molecule has 1 aliphatic heterocycles. The van der Waals surface area contributed by atoms with Gasteiger partial charge in [0, 0.05) is 43.7 Å². The second-order valence-electron chi connectivity index (χ2n) is 26.4. The van der Waals surface area contributed by atoms with Crippen LogP contribution in [0.15, 0.2) is 66.7 Å². The number of rotatable bonds is 20. The van der Waals surface area contributed by atoms with Crippen LogP contribution in [0.25, 0.3) is 0 Å². The largest absolute Gasteiger partial charge is 0.496 e. The zero-order valence-corrected chi connectivity index (χ0v) is 64.7. The van der Waals surface area contributed by atoms with Gasteiger partial charge in [-0.2, -0.15) is 26.3 Å². The van der Waals surface area contributed by atoms with E-state index in [2.05, 4.69) is 74.9 Å². The average Bonchev–Trinajstić information content (AvgIpc) is 0.832. The number of methoxy groups -OCH3 is 2. The second kappa shape index (κ2) is 52.0. The van der Waals surface area contributed by atoms with Crippen molar-refractivity contribution in [3.8, 4) is 11.5 Å². The third kappa shape index (κ3) is 39.1. The van der Waals surface area contributed by atoms with Crippen molar-refractivity contribution < 1.29 is 143 Å². The van der Waals surface area contributed by atoms with Gasteiger partial charge in [-0.15, -0.1) is 0 Å². The molecule has 3 aromatic carbocycles. The third-order valence-electron chi connectivity index (χ3n) is 16.5. The van der Waals surface area contributed by atoms with E-state index >= 15 is 0 Å². The number of alkyl halides is 6. The normalized spacial score (nSPS) is 20.3. The molecule has 0 fully saturated rings. The monoisotopic (exact) mass is 1700 g/mol. The van der Waals surface area contributed by atoms with Crippen LogP contribution in [0.2, 0.25) is 0 Å². The summed E-state index contributed by atoms with van der Waals surface area (Å²) in [5, 5.41) is 58.0. The first-order valence-electron chi connectivity index (χ1n) is 36.4. The highest BCUT2D eigenvalue weighted by molar-refractivity contribution is 6.40. The smallest absolute Gasteiger partial charge is 0.490 e. The first-order chi connectivity index (χ1) is 55.9. The molecule has 0 spiro atoms. The molecule has 0 radical (unpaired) electrons. The molecule has 4 bridgehead atoms. The number of nitrogens with one attached hydrogen (secondary N) is 14. The van der Waals surface area contributed by atoms with Gasteiger partial charge in [-0.05, 0) is 144 Å². The summed E-state index contributed by atoms with van der Waals surface area (Å²) in [6.07, 6.45) is -11.4. The summed E-state index contributed by atoms with van der Waals surface area (Å²) in [5.74, 6) is -23.3. The Kier molecular flexibility index (Phi) is 44.6. The Hall–Kier alpha value is -12.9. The molecule has 658 valence electrons. The van der Waals surface area contributed by atoms with Crippen molar-refractivity contribution in [1.29, 1.82) is 0 Å². The van der Waals surface area contributed by atoms with Crippen molar-refractivity contribution in [3.05, 3.63) is 83.4 Å². The predicted octanol–water partition coefficient (Wildman–Crippen LogP) is -2.28. The molecule has 4 rings (SSSR count). The summed E-state index contributed by atoms with van der Waals surface area (Å²) < 4.78 is 74.1. The quantitative estimate of drug-likeness (QED) is 0.0322. The number of benzene rings is 3. The first kappa shape index (κ1) is 102. The van der Waals surface area contributed by atoms with E-state index in [1.165, 1.54) is 38.5 Å². The molecule has 119 heavy (non-hydrogen) atoms. The van der Waals surface area contributed by atoms with Gasteiger partial charge in [0.15, 0.2) is 0 Å². The van der Waals surface area contributed by atoms with Gasteiger partial charge in [0.05, 0.1) is 37.4 Å². The Labute approximate surface area is 674 Å². The number of nitrogens with two attached hydrogens (primary N) is 4. The summed E-state index contributed by atoms with van der Waals surface area (Å²) in [6.45, 7) is 3.65. The van der Waals surface area contributed by atoms with Gasteiger partial charge >= 0.3 is 59.9 Å². The van der Waals surface area contributed by atoms with Crippen LogP contribution in [-0.4, -0.2) is 228 Å². The number of aliphatic carboxylic acids is 4. The SMILES string of the molecule is COc1ccc2cc1C(=O)NNC(=O)[C@H](Cc1ccccc1)NC(=O)[C@H](CCC(=O)O)NC(=O)[C@@H](N)CCCNC(=O)[C@H](CCCCN)NC(=O)C(=O)Nc1ccc(OC)c(c1)C(=O)NNC(=O)[C@H](CCC(=O)O)NC(=O)[C@@H](N)CCCNC(=O)[C@H](CCCCN)NC(=O)[C@H](CC(C)C)NC(=O)C(=O)N2.O=C(O)C(F)(F)F.O=C(O)C(F)(F)F. The molecule has 42 nitrogen and oxygen atoms in total. The van der Waals surface area contributed by atoms with E-state index < -0.39 is 193 Å². The number of fused-ring (bicyclic) bond motifs is 4. The molecular formula is C71H98F6N18O24. The summed E-state index contributed by atoms with van der Waals surface area (Å²) in [7, 11) is 2.40. The fourth-order valence-electron chi connectivity index (χ4n) is 10.3. The summed E-state index contributed by atoms with van der Waals surface area (Å²) in [5.41, 5.74) is 32.1. The zero-order chi connectivity index (χ0) is 89.9. The van der Waals surface area contributed by atoms with Crippen LogP contribution in [0.4, 0.5) is 37.7 Å². The highest BCUT2D eigenvalue weighted by atomic mass is 19.4. The van der Waals surface area contributed by atoms with Crippen LogP contribution in [-0.2, 0) is 83.1 Å². The maximum Gasteiger partial charge on any atom is 0.490 e. The molecule has 0 saturated carbocycles. The van der Waals surface area contributed by atoms with Crippen LogP contribution in [0, 0.1) is 5.92 Å². The van der Waals surface area contributed by atoms with Crippen LogP contribution in [0.1, 0.15) is 136 Å². The van der Waals surface area contributed by atoms with Crippen molar-refractivity contribution >= 4 is 118 Å².